The third-order valence-electron chi connectivity index (χ3n) is 4.23. The molecule has 142 valence electrons. The Hall–Kier alpha value is -2.16. The number of amides is 2. The van der Waals surface area contributed by atoms with Crippen LogP contribution in [0.4, 0.5) is 0 Å². The summed E-state index contributed by atoms with van der Waals surface area (Å²) in [7, 11) is 0. The first kappa shape index (κ1) is 20.9. The molecule has 0 bridgehead atoms. The van der Waals surface area contributed by atoms with E-state index in [0.29, 0.717) is 32.4 Å². The van der Waals surface area contributed by atoms with Crippen molar-refractivity contribution in [3.63, 3.8) is 0 Å². The van der Waals surface area contributed by atoms with Crippen LogP contribution in [-0.4, -0.2) is 71.1 Å². The quantitative estimate of drug-likeness (QED) is 0.371. The lowest BCUT2D eigenvalue weighted by Gasteiger charge is -2.24. The molecule has 9 heteroatoms. The summed E-state index contributed by atoms with van der Waals surface area (Å²) in [6.07, 6.45) is 3.38. The minimum absolute atomic E-state index is 0.108. The highest BCUT2D eigenvalue weighted by atomic mass is 16.4. The van der Waals surface area contributed by atoms with Crippen LogP contribution < -0.4 is 10.6 Å². The van der Waals surface area contributed by atoms with Gasteiger partial charge in [0.05, 0.1) is 12.5 Å². The molecule has 0 aromatic carbocycles. The maximum absolute atomic E-state index is 12.2. The van der Waals surface area contributed by atoms with E-state index in [0.717, 1.165) is 12.8 Å². The maximum atomic E-state index is 12.2. The molecule has 4 N–H and O–H groups in total. The first-order valence-corrected chi connectivity index (χ1v) is 8.55. The molecule has 2 atom stereocenters. The topological polar surface area (TPSA) is 136 Å². The van der Waals surface area contributed by atoms with Crippen LogP contribution in [0.3, 0.4) is 0 Å². The van der Waals surface area contributed by atoms with Gasteiger partial charge in [0.2, 0.25) is 11.8 Å². The molecule has 1 fully saturated rings. The summed E-state index contributed by atoms with van der Waals surface area (Å²) >= 11 is 0. The van der Waals surface area contributed by atoms with Gasteiger partial charge in [0.1, 0.15) is 12.6 Å². The second kappa shape index (κ2) is 10.7. The average Bonchev–Trinajstić information content (AvgIpc) is 3.04. The van der Waals surface area contributed by atoms with Gasteiger partial charge in [0, 0.05) is 6.54 Å². The van der Waals surface area contributed by atoms with Crippen molar-refractivity contribution in [2.45, 2.75) is 45.1 Å². The van der Waals surface area contributed by atoms with Gasteiger partial charge >= 0.3 is 11.9 Å². The lowest BCUT2D eigenvalue weighted by molar-refractivity contribution is -0.141. The summed E-state index contributed by atoms with van der Waals surface area (Å²) in [6, 6.07) is -0.606. The fourth-order valence-electron chi connectivity index (χ4n) is 2.74. The van der Waals surface area contributed by atoms with Gasteiger partial charge in [0.15, 0.2) is 0 Å². The van der Waals surface area contributed by atoms with Crippen molar-refractivity contribution >= 4 is 23.8 Å². The van der Waals surface area contributed by atoms with Crippen molar-refractivity contribution in [3.8, 4) is 0 Å². The Morgan fingerprint density at radius 3 is 2.52 bits per heavy atom. The molecule has 1 aliphatic heterocycles. The van der Waals surface area contributed by atoms with Crippen molar-refractivity contribution in [3.05, 3.63) is 0 Å². The van der Waals surface area contributed by atoms with Crippen LogP contribution in [-0.2, 0) is 19.2 Å². The Morgan fingerprint density at radius 2 is 1.88 bits per heavy atom. The summed E-state index contributed by atoms with van der Waals surface area (Å²) in [5.41, 5.74) is 0. The highest BCUT2D eigenvalue weighted by molar-refractivity contribution is 5.90. The smallest absolute Gasteiger partial charge is 0.322 e. The van der Waals surface area contributed by atoms with Crippen molar-refractivity contribution in [1.29, 1.82) is 0 Å². The van der Waals surface area contributed by atoms with E-state index in [4.69, 9.17) is 10.2 Å². The molecular weight excluding hydrogens is 330 g/mol. The summed E-state index contributed by atoms with van der Waals surface area (Å²) in [5.74, 6) is -2.91. The second-order valence-electron chi connectivity index (χ2n) is 6.27. The van der Waals surface area contributed by atoms with Gasteiger partial charge in [-0.25, -0.2) is 0 Å². The van der Waals surface area contributed by atoms with Gasteiger partial charge in [-0.15, -0.1) is 0 Å². The second-order valence-corrected chi connectivity index (χ2v) is 6.27. The molecule has 9 nitrogen and oxygen atoms in total. The van der Waals surface area contributed by atoms with Gasteiger partial charge in [-0.2, -0.15) is 0 Å². The number of unbranched alkanes of at least 4 members (excludes halogenated alkanes) is 1. The van der Waals surface area contributed by atoms with E-state index in [-0.39, 0.29) is 18.4 Å². The predicted octanol–water partition coefficient (Wildman–Crippen LogP) is -0.341. The molecule has 0 unspecified atom stereocenters. The van der Waals surface area contributed by atoms with Gasteiger partial charge in [-0.3, -0.25) is 19.2 Å². The van der Waals surface area contributed by atoms with Crippen LogP contribution in [0.1, 0.15) is 39.0 Å². The monoisotopic (exact) mass is 357 g/mol. The Bertz CT molecular complexity index is 496. The zero-order valence-corrected chi connectivity index (χ0v) is 14.5. The summed E-state index contributed by atoms with van der Waals surface area (Å²) in [4.78, 5) is 46.9. The third-order valence-corrected chi connectivity index (χ3v) is 4.23. The van der Waals surface area contributed by atoms with Crippen LogP contribution in [0.5, 0.6) is 0 Å². The molecule has 1 rings (SSSR count). The van der Waals surface area contributed by atoms with E-state index >= 15 is 0 Å². The Kier molecular flexibility index (Phi) is 8.90. The molecule has 1 saturated heterocycles. The predicted molar refractivity (Wildman–Crippen MR) is 88.9 cm³/mol. The molecule has 0 spiro atoms. The minimum atomic E-state index is -1.12. The highest BCUT2D eigenvalue weighted by Crippen LogP contribution is 2.17. The van der Waals surface area contributed by atoms with E-state index in [9.17, 15) is 19.2 Å². The van der Waals surface area contributed by atoms with Gasteiger partial charge in [-0.05, 0) is 32.2 Å². The number of rotatable bonds is 11. The zero-order valence-electron chi connectivity index (χ0n) is 14.5. The summed E-state index contributed by atoms with van der Waals surface area (Å²) in [6.45, 7) is 2.41. The van der Waals surface area contributed by atoms with E-state index in [1.54, 1.807) is 6.92 Å². The van der Waals surface area contributed by atoms with Gasteiger partial charge in [-0.1, -0.05) is 13.3 Å². The van der Waals surface area contributed by atoms with Crippen LogP contribution in [0, 0.1) is 5.92 Å². The lowest BCUT2D eigenvalue weighted by Crippen LogP contribution is -2.49. The first-order chi connectivity index (χ1) is 11.8. The average molecular weight is 357 g/mol. The molecular formula is C16H27N3O6. The normalized spacial score (nSPS) is 18.0. The minimum Gasteiger partial charge on any atom is -0.481 e. The van der Waals surface area contributed by atoms with Crippen LogP contribution in [0.15, 0.2) is 0 Å². The number of nitrogens with one attached hydrogen (secondary N) is 2. The molecule has 1 aliphatic rings. The fourth-order valence-corrected chi connectivity index (χ4v) is 2.74. The van der Waals surface area contributed by atoms with Gasteiger partial charge < -0.3 is 25.7 Å². The zero-order chi connectivity index (χ0) is 18.8. The molecule has 0 aromatic rings. The van der Waals surface area contributed by atoms with E-state index < -0.39 is 30.4 Å². The van der Waals surface area contributed by atoms with Crippen LogP contribution in [0.2, 0.25) is 0 Å². The molecule has 0 aliphatic carbocycles. The summed E-state index contributed by atoms with van der Waals surface area (Å²) < 4.78 is 0. The SMILES string of the molecule is C[C@H](CCCCNCC(=O)N1CCC[C@H]1C(=O)NCC(=O)O)C(=O)O. The number of hydrogen-bond acceptors (Lipinski definition) is 5. The number of nitrogens with zero attached hydrogens (tertiary/aromatic N) is 1. The maximum Gasteiger partial charge on any atom is 0.322 e. The number of hydrogen-bond donors (Lipinski definition) is 4. The Morgan fingerprint density at radius 1 is 1.16 bits per heavy atom. The largest absolute Gasteiger partial charge is 0.481 e. The lowest BCUT2D eigenvalue weighted by atomic mass is 10.0. The first-order valence-electron chi connectivity index (χ1n) is 8.55. The fraction of sp³-hybridized carbons (Fsp3) is 0.750. The van der Waals surface area contributed by atoms with E-state index in [2.05, 4.69) is 10.6 Å². The standard InChI is InChI=1S/C16H27N3O6/c1-11(16(24)25)5-2-3-7-17-9-13(20)19-8-4-6-12(19)15(23)18-10-14(21)22/h11-12,17H,2-10H2,1H3,(H,18,23)(H,21,22)(H,24,25)/t11-,12+/m1/s1. The van der Waals surface area contributed by atoms with Crippen LogP contribution in [0.25, 0.3) is 0 Å². The number of aliphatic carboxylic acids is 2. The molecule has 0 radical (unpaired) electrons. The van der Waals surface area contributed by atoms with Crippen molar-refractivity contribution in [1.82, 2.24) is 15.5 Å². The van der Waals surface area contributed by atoms with Gasteiger partial charge in [0.25, 0.3) is 0 Å². The van der Waals surface area contributed by atoms with E-state index in [1.807, 2.05) is 0 Å². The number of likely N-dealkylation sites (tertiary alicyclic amines) is 1. The van der Waals surface area contributed by atoms with E-state index in [1.165, 1.54) is 4.90 Å². The highest BCUT2D eigenvalue weighted by Gasteiger charge is 2.33. The van der Waals surface area contributed by atoms with Crippen LogP contribution >= 0.6 is 0 Å². The van der Waals surface area contributed by atoms with Crippen molar-refractivity contribution < 1.29 is 29.4 Å². The summed E-state index contributed by atoms with van der Waals surface area (Å²) in [5, 5.41) is 22.7. The number of carboxylic acid groups (broad SMARTS) is 2. The number of carbonyl (C=O) groups is 4. The Labute approximate surface area is 146 Å². The molecule has 0 aromatic heterocycles. The number of carbonyl (C=O) groups excluding carboxylic acids is 2. The molecule has 25 heavy (non-hydrogen) atoms. The third kappa shape index (κ3) is 7.51. The Balaban J connectivity index is 2.25. The van der Waals surface area contributed by atoms with Crippen molar-refractivity contribution in [2.75, 3.05) is 26.2 Å². The van der Waals surface area contributed by atoms with Crippen molar-refractivity contribution in [2.24, 2.45) is 5.92 Å². The molecule has 2 amide bonds. The number of carboxylic acids is 2. The molecule has 1 heterocycles. The molecule has 0 saturated carbocycles.